The van der Waals surface area contributed by atoms with Crippen LogP contribution in [-0.2, 0) is 6.18 Å². The summed E-state index contributed by atoms with van der Waals surface area (Å²) in [6, 6.07) is 2.32. The van der Waals surface area contributed by atoms with E-state index in [1.54, 1.807) is 0 Å². The van der Waals surface area contributed by atoms with Gasteiger partial charge in [0.25, 0.3) is 0 Å². The van der Waals surface area contributed by atoms with E-state index in [9.17, 15) is 17.6 Å². The second kappa shape index (κ2) is 3.40. The lowest BCUT2D eigenvalue weighted by molar-refractivity contribution is -0.141. The van der Waals surface area contributed by atoms with E-state index in [0.717, 1.165) is 12.3 Å². The maximum Gasteiger partial charge on any atom is 0.433 e. The van der Waals surface area contributed by atoms with Gasteiger partial charge in [0.15, 0.2) is 5.65 Å². The Morgan fingerprint density at radius 2 is 1.88 bits per heavy atom. The third-order valence-corrected chi connectivity index (χ3v) is 2.09. The van der Waals surface area contributed by atoms with Gasteiger partial charge < -0.3 is 0 Å². The molecular formula is C10H6F4N2. The van der Waals surface area contributed by atoms with Gasteiger partial charge >= 0.3 is 6.18 Å². The van der Waals surface area contributed by atoms with E-state index in [1.165, 1.54) is 13.0 Å². The lowest BCUT2D eigenvalue weighted by Gasteiger charge is -2.09. The molecule has 0 aliphatic heterocycles. The SMILES string of the molecule is Cc1cc2cc(F)cnc2nc1C(F)(F)F. The lowest BCUT2D eigenvalue weighted by atomic mass is 10.1. The molecule has 2 aromatic heterocycles. The van der Waals surface area contributed by atoms with Crippen LogP contribution in [0.4, 0.5) is 17.6 Å². The minimum Gasteiger partial charge on any atom is -0.234 e. The maximum absolute atomic E-state index is 12.8. The van der Waals surface area contributed by atoms with Gasteiger partial charge in [0.2, 0.25) is 0 Å². The first-order valence-corrected chi connectivity index (χ1v) is 4.38. The van der Waals surface area contributed by atoms with Crippen LogP contribution in [0.5, 0.6) is 0 Å². The summed E-state index contributed by atoms with van der Waals surface area (Å²) in [7, 11) is 0. The molecule has 0 atom stereocenters. The zero-order valence-electron chi connectivity index (χ0n) is 8.14. The van der Waals surface area contributed by atoms with Crippen molar-refractivity contribution in [2.24, 2.45) is 0 Å². The first-order chi connectivity index (χ1) is 7.38. The molecule has 0 saturated carbocycles. The molecule has 2 rings (SSSR count). The summed E-state index contributed by atoms with van der Waals surface area (Å²) in [5.74, 6) is -0.603. The average molecular weight is 230 g/mol. The number of aryl methyl sites for hydroxylation is 1. The smallest absolute Gasteiger partial charge is 0.234 e. The van der Waals surface area contributed by atoms with Gasteiger partial charge in [-0.05, 0) is 24.6 Å². The molecule has 0 amide bonds. The molecule has 84 valence electrons. The molecule has 0 N–H and O–H groups in total. The van der Waals surface area contributed by atoms with E-state index < -0.39 is 17.7 Å². The fourth-order valence-corrected chi connectivity index (χ4v) is 1.43. The normalized spacial score (nSPS) is 12.1. The Morgan fingerprint density at radius 1 is 1.19 bits per heavy atom. The van der Waals surface area contributed by atoms with Crippen molar-refractivity contribution < 1.29 is 17.6 Å². The number of hydrogen-bond donors (Lipinski definition) is 0. The summed E-state index contributed by atoms with van der Waals surface area (Å²) in [5.41, 5.74) is -1.15. The highest BCUT2D eigenvalue weighted by Crippen LogP contribution is 2.31. The summed E-state index contributed by atoms with van der Waals surface area (Å²) in [4.78, 5) is 6.89. The number of fused-ring (bicyclic) bond motifs is 1. The summed E-state index contributed by atoms with van der Waals surface area (Å²) < 4.78 is 50.3. The summed E-state index contributed by atoms with van der Waals surface area (Å²) in [6.07, 6.45) is -3.68. The fourth-order valence-electron chi connectivity index (χ4n) is 1.43. The molecule has 0 aliphatic carbocycles. The molecule has 0 saturated heterocycles. The maximum atomic E-state index is 12.8. The number of hydrogen-bond acceptors (Lipinski definition) is 2. The van der Waals surface area contributed by atoms with Gasteiger partial charge in [-0.15, -0.1) is 0 Å². The van der Waals surface area contributed by atoms with Crippen molar-refractivity contribution >= 4 is 11.0 Å². The Hall–Kier alpha value is -1.72. The predicted molar refractivity (Wildman–Crippen MR) is 49.2 cm³/mol. The molecular weight excluding hydrogens is 224 g/mol. The van der Waals surface area contributed by atoms with Crippen molar-refractivity contribution in [2.75, 3.05) is 0 Å². The van der Waals surface area contributed by atoms with Gasteiger partial charge in [-0.2, -0.15) is 13.2 Å². The Balaban J connectivity index is 2.72. The number of aromatic nitrogens is 2. The van der Waals surface area contributed by atoms with E-state index >= 15 is 0 Å². The molecule has 2 heterocycles. The van der Waals surface area contributed by atoms with Crippen molar-refractivity contribution in [1.29, 1.82) is 0 Å². The molecule has 0 radical (unpaired) electrons. The quantitative estimate of drug-likeness (QED) is 0.650. The third kappa shape index (κ3) is 1.82. The number of rotatable bonds is 0. The fraction of sp³-hybridized carbons (Fsp3) is 0.200. The molecule has 0 aliphatic rings. The van der Waals surface area contributed by atoms with Gasteiger partial charge in [-0.25, -0.2) is 14.4 Å². The highest BCUT2D eigenvalue weighted by Gasteiger charge is 2.34. The van der Waals surface area contributed by atoms with Crippen molar-refractivity contribution in [3.05, 3.63) is 35.4 Å². The number of alkyl halides is 3. The first kappa shape index (κ1) is 10.8. The zero-order valence-corrected chi connectivity index (χ0v) is 8.14. The van der Waals surface area contributed by atoms with Gasteiger partial charge in [0.1, 0.15) is 11.5 Å². The van der Waals surface area contributed by atoms with Gasteiger partial charge in [-0.3, -0.25) is 0 Å². The second-order valence-corrected chi connectivity index (χ2v) is 3.35. The minimum absolute atomic E-state index is 0.0487. The Bertz CT molecular complexity index is 548. The lowest BCUT2D eigenvalue weighted by Crippen LogP contribution is -2.10. The molecule has 2 nitrogen and oxygen atoms in total. The van der Waals surface area contributed by atoms with Crippen molar-refractivity contribution in [3.63, 3.8) is 0 Å². The Morgan fingerprint density at radius 3 is 2.50 bits per heavy atom. The molecule has 16 heavy (non-hydrogen) atoms. The topological polar surface area (TPSA) is 25.8 Å². The Labute approximate surface area is 87.9 Å². The summed E-state index contributed by atoms with van der Waals surface area (Å²) >= 11 is 0. The van der Waals surface area contributed by atoms with E-state index in [2.05, 4.69) is 9.97 Å². The molecule has 6 heteroatoms. The van der Waals surface area contributed by atoms with Crippen LogP contribution in [0, 0.1) is 12.7 Å². The largest absolute Gasteiger partial charge is 0.433 e. The molecule has 0 unspecified atom stereocenters. The van der Waals surface area contributed by atoms with Crippen LogP contribution < -0.4 is 0 Å². The van der Waals surface area contributed by atoms with Gasteiger partial charge in [0.05, 0.1) is 6.20 Å². The molecule has 2 aromatic rings. The van der Waals surface area contributed by atoms with Crippen LogP contribution in [0.25, 0.3) is 11.0 Å². The van der Waals surface area contributed by atoms with Gasteiger partial charge in [-0.1, -0.05) is 0 Å². The van der Waals surface area contributed by atoms with Crippen LogP contribution >= 0.6 is 0 Å². The molecule has 0 fully saturated rings. The predicted octanol–water partition coefficient (Wildman–Crippen LogP) is 3.10. The molecule has 0 spiro atoms. The average Bonchev–Trinajstić information content (AvgIpc) is 2.14. The van der Waals surface area contributed by atoms with Crippen LogP contribution in [0.3, 0.4) is 0 Å². The van der Waals surface area contributed by atoms with Crippen molar-refractivity contribution in [3.8, 4) is 0 Å². The number of nitrogens with zero attached hydrogens (tertiary/aromatic N) is 2. The van der Waals surface area contributed by atoms with Crippen LogP contribution in [0.2, 0.25) is 0 Å². The van der Waals surface area contributed by atoms with E-state index in [-0.39, 0.29) is 16.6 Å². The number of halogens is 4. The van der Waals surface area contributed by atoms with Crippen LogP contribution in [0.1, 0.15) is 11.3 Å². The molecule has 0 aromatic carbocycles. The van der Waals surface area contributed by atoms with E-state index in [4.69, 9.17) is 0 Å². The van der Waals surface area contributed by atoms with Crippen LogP contribution in [-0.4, -0.2) is 9.97 Å². The van der Waals surface area contributed by atoms with Crippen molar-refractivity contribution in [1.82, 2.24) is 9.97 Å². The number of pyridine rings is 2. The van der Waals surface area contributed by atoms with Gasteiger partial charge in [0, 0.05) is 5.39 Å². The summed E-state index contributed by atoms with van der Waals surface area (Å²) in [5, 5.41) is 0.255. The summed E-state index contributed by atoms with van der Waals surface area (Å²) in [6.45, 7) is 1.28. The monoisotopic (exact) mass is 230 g/mol. The Kier molecular flexibility index (Phi) is 2.29. The third-order valence-electron chi connectivity index (χ3n) is 2.09. The zero-order chi connectivity index (χ0) is 11.9. The van der Waals surface area contributed by atoms with Crippen LogP contribution in [0.15, 0.2) is 18.3 Å². The van der Waals surface area contributed by atoms with Crippen molar-refractivity contribution in [2.45, 2.75) is 13.1 Å². The highest BCUT2D eigenvalue weighted by atomic mass is 19.4. The first-order valence-electron chi connectivity index (χ1n) is 4.38. The molecule has 0 bridgehead atoms. The standard InChI is InChI=1S/C10H6F4N2/c1-5-2-6-3-7(11)4-15-9(6)16-8(5)10(12,13)14/h2-4H,1H3. The minimum atomic E-state index is -4.52. The van der Waals surface area contributed by atoms with E-state index in [0.29, 0.717) is 0 Å². The second-order valence-electron chi connectivity index (χ2n) is 3.35. The van der Waals surface area contributed by atoms with E-state index in [1.807, 2.05) is 0 Å². The highest BCUT2D eigenvalue weighted by molar-refractivity contribution is 5.75.